The molecule has 1 aromatic rings. The van der Waals surface area contributed by atoms with Crippen molar-refractivity contribution in [1.29, 1.82) is 0 Å². The maximum absolute atomic E-state index is 13.1. The molecular formula is C14H16FN. The summed E-state index contributed by atoms with van der Waals surface area (Å²) in [6, 6.07) is 7.28. The average molecular weight is 217 g/mol. The van der Waals surface area contributed by atoms with Crippen molar-refractivity contribution in [2.45, 2.75) is 31.7 Å². The lowest BCUT2D eigenvalue weighted by Gasteiger charge is -2.22. The van der Waals surface area contributed by atoms with Crippen molar-refractivity contribution in [3.63, 3.8) is 0 Å². The zero-order valence-electron chi connectivity index (χ0n) is 9.25. The molecule has 84 valence electrons. The van der Waals surface area contributed by atoms with Crippen LogP contribution in [0.15, 0.2) is 30.3 Å². The van der Waals surface area contributed by atoms with E-state index in [0.717, 1.165) is 24.8 Å². The molecule has 1 nitrogen and oxygen atoms in total. The molecule has 1 fully saturated rings. The van der Waals surface area contributed by atoms with E-state index in [0.29, 0.717) is 11.5 Å². The molecule has 2 aliphatic carbocycles. The lowest BCUT2D eigenvalue weighted by molar-refractivity contribution is 0.447. The van der Waals surface area contributed by atoms with Gasteiger partial charge in [-0.15, -0.1) is 0 Å². The molecule has 0 bridgehead atoms. The highest BCUT2D eigenvalue weighted by molar-refractivity contribution is 5.66. The topological polar surface area (TPSA) is 26.0 Å². The molecule has 0 saturated heterocycles. The number of halogens is 1. The third-order valence-corrected chi connectivity index (χ3v) is 4.10. The summed E-state index contributed by atoms with van der Waals surface area (Å²) < 4.78 is 13.1. The number of rotatable bonds is 1. The first-order valence-electron chi connectivity index (χ1n) is 5.90. The number of allylic oxidation sites excluding steroid dienone is 2. The lowest BCUT2D eigenvalue weighted by atomic mass is 9.84. The summed E-state index contributed by atoms with van der Waals surface area (Å²) in [4.78, 5) is 0. The van der Waals surface area contributed by atoms with E-state index in [1.165, 1.54) is 18.1 Å². The maximum atomic E-state index is 13.1. The summed E-state index contributed by atoms with van der Waals surface area (Å²) >= 11 is 0. The smallest absolute Gasteiger partial charge is 0.123 e. The van der Waals surface area contributed by atoms with E-state index in [-0.39, 0.29) is 5.82 Å². The number of benzene rings is 1. The van der Waals surface area contributed by atoms with E-state index in [2.05, 4.69) is 6.08 Å². The molecule has 2 heteroatoms. The first-order valence-corrected chi connectivity index (χ1v) is 5.90. The molecule has 2 atom stereocenters. The molecule has 0 aromatic heterocycles. The lowest BCUT2D eigenvalue weighted by Crippen LogP contribution is -2.16. The van der Waals surface area contributed by atoms with Crippen molar-refractivity contribution in [3.8, 4) is 0 Å². The van der Waals surface area contributed by atoms with Gasteiger partial charge in [0, 0.05) is 6.04 Å². The van der Waals surface area contributed by atoms with Crippen molar-refractivity contribution >= 4 is 5.57 Å². The van der Waals surface area contributed by atoms with Crippen LogP contribution in [-0.4, -0.2) is 6.04 Å². The standard InChI is InChI=1S/C14H16FN/c15-12-3-1-2-11(8-12)10-4-6-14(7-5-10)9-13(14)16/h1-4,8,13H,5-7,9,16H2. The van der Waals surface area contributed by atoms with Gasteiger partial charge >= 0.3 is 0 Å². The molecule has 2 aliphatic rings. The SMILES string of the molecule is NC1CC12CC=C(c1cccc(F)c1)CC2. The van der Waals surface area contributed by atoms with Gasteiger partial charge in [-0.25, -0.2) is 4.39 Å². The van der Waals surface area contributed by atoms with Crippen molar-refractivity contribution in [3.05, 3.63) is 41.7 Å². The normalized spacial score (nSPS) is 32.6. The van der Waals surface area contributed by atoms with Gasteiger partial charge in [0.15, 0.2) is 0 Å². The Bertz CT molecular complexity index is 452. The second kappa shape index (κ2) is 3.42. The second-order valence-electron chi connectivity index (χ2n) is 5.12. The van der Waals surface area contributed by atoms with E-state index in [1.54, 1.807) is 12.1 Å². The fourth-order valence-corrected chi connectivity index (χ4v) is 2.77. The molecule has 0 aliphatic heterocycles. The molecule has 2 N–H and O–H groups in total. The summed E-state index contributed by atoms with van der Waals surface area (Å²) in [7, 11) is 0. The Labute approximate surface area is 95.2 Å². The molecule has 1 aromatic carbocycles. The van der Waals surface area contributed by atoms with E-state index in [9.17, 15) is 4.39 Å². The van der Waals surface area contributed by atoms with Crippen LogP contribution in [-0.2, 0) is 0 Å². The van der Waals surface area contributed by atoms with Gasteiger partial charge in [0.25, 0.3) is 0 Å². The number of nitrogens with two attached hydrogens (primary N) is 1. The van der Waals surface area contributed by atoms with Gasteiger partial charge < -0.3 is 5.73 Å². The Hall–Kier alpha value is -1.15. The van der Waals surface area contributed by atoms with E-state index in [4.69, 9.17) is 5.73 Å². The highest BCUT2D eigenvalue weighted by atomic mass is 19.1. The fraction of sp³-hybridized carbons (Fsp3) is 0.429. The second-order valence-corrected chi connectivity index (χ2v) is 5.12. The van der Waals surface area contributed by atoms with Crippen LogP contribution in [0.1, 0.15) is 31.2 Å². The van der Waals surface area contributed by atoms with Crippen LogP contribution in [0.3, 0.4) is 0 Å². The van der Waals surface area contributed by atoms with Crippen LogP contribution in [0.5, 0.6) is 0 Å². The van der Waals surface area contributed by atoms with Crippen LogP contribution >= 0.6 is 0 Å². The van der Waals surface area contributed by atoms with Crippen LogP contribution in [0.2, 0.25) is 0 Å². The molecular weight excluding hydrogens is 201 g/mol. The van der Waals surface area contributed by atoms with Crippen molar-refractivity contribution in [2.75, 3.05) is 0 Å². The minimum atomic E-state index is -0.151. The number of hydrogen-bond donors (Lipinski definition) is 1. The third kappa shape index (κ3) is 1.57. The van der Waals surface area contributed by atoms with Gasteiger partial charge in [0.05, 0.1) is 0 Å². The maximum Gasteiger partial charge on any atom is 0.123 e. The summed E-state index contributed by atoms with van der Waals surface area (Å²) in [6.07, 6.45) is 6.69. The Morgan fingerprint density at radius 3 is 2.75 bits per heavy atom. The molecule has 2 unspecified atom stereocenters. The monoisotopic (exact) mass is 217 g/mol. The molecule has 16 heavy (non-hydrogen) atoms. The van der Waals surface area contributed by atoms with E-state index < -0.39 is 0 Å². The Morgan fingerprint density at radius 1 is 1.38 bits per heavy atom. The van der Waals surface area contributed by atoms with Gasteiger partial charge in [-0.1, -0.05) is 18.2 Å². The Balaban J connectivity index is 1.82. The summed E-state index contributed by atoms with van der Waals surface area (Å²) in [6.45, 7) is 0. The van der Waals surface area contributed by atoms with Crippen molar-refractivity contribution in [2.24, 2.45) is 11.1 Å². The third-order valence-electron chi connectivity index (χ3n) is 4.10. The van der Waals surface area contributed by atoms with Crippen LogP contribution in [0.25, 0.3) is 5.57 Å². The molecule has 0 heterocycles. The summed E-state index contributed by atoms with van der Waals surface area (Å²) in [5.41, 5.74) is 8.66. The van der Waals surface area contributed by atoms with Crippen LogP contribution < -0.4 is 5.73 Å². The summed E-state index contributed by atoms with van der Waals surface area (Å²) in [5, 5.41) is 0. The van der Waals surface area contributed by atoms with Gasteiger partial charge in [0.1, 0.15) is 5.82 Å². The minimum absolute atomic E-state index is 0.151. The molecule has 0 radical (unpaired) electrons. The highest BCUT2D eigenvalue weighted by Crippen LogP contribution is 2.55. The summed E-state index contributed by atoms with van der Waals surface area (Å²) in [5.74, 6) is -0.151. The zero-order valence-corrected chi connectivity index (χ0v) is 9.25. The highest BCUT2D eigenvalue weighted by Gasteiger charge is 2.51. The molecule has 3 rings (SSSR count). The quantitative estimate of drug-likeness (QED) is 0.768. The average Bonchev–Trinajstić information content (AvgIpc) is 2.89. The van der Waals surface area contributed by atoms with Crippen molar-refractivity contribution in [1.82, 2.24) is 0 Å². The van der Waals surface area contributed by atoms with Crippen LogP contribution in [0, 0.1) is 11.2 Å². The molecule has 1 spiro atoms. The number of hydrogen-bond acceptors (Lipinski definition) is 1. The minimum Gasteiger partial charge on any atom is -0.327 e. The predicted octanol–water partition coefficient (Wildman–Crippen LogP) is 3.11. The van der Waals surface area contributed by atoms with Gasteiger partial charge in [-0.3, -0.25) is 0 Å². The van der Waals surface area contributed by atoms with Crippen LogP contribution in [0.4, 0.5) is 4.39 Å². The Morgan fingerprint density at radius 2 is 2.19 bits per heavy atom. The first-order chi connectivity index (χ1) is 7.70. The largest absolute Gasteiger partial charge is 0.327 e. The molecule has 0 amide bonds. The van der Waals surface area contributed by atoms with E-state index >= 15 is 0 Å². The molecule has 1 saturated carbocycles. The van der Waals surface area contributed by atoms with Gasteiger partial charge in [-0.2, -0.15) is 0 Å². The van der Waals surface area contributed by atoms with Gasteiger partial charge in [-0.05, 0) is 54.4 Å². The predicted molar refractivity (Wildman–Crippen MR) is 63.3 cm³/mol. The zero-order chi connectivity index (χ0) is 11.2. The fourth-order valence-electron chi connectivity index (χ4n) is 2.77. The first kappa shape index (κ1) is 10.0. The van der Waals surface area contributed by atoms with Gasteiger partial charge in [0.2, 0.25) is 0 Å². The van der Waals surface area contributed by atoms with Crippen molar-refractivity contribution < 1.29 is 4.39 Å². The Kier molecular flexibility index (Phi) is 2.15. The van der Waals surface area contributed by atoms with E-state index in [1.807, 2.05) is 6.07 Å².